The van der Waals surface area contributed by atoms with Crippen LogP contribution in [0.15, 0.2) is 15.9 Å². The SMILES string of the molecule is NC1(c2cc(Br)cs2)CCCC1. The van der Waals surface area contributed by atoms with Gasteiger partial charge in [0, 0.05) is 14.7 Å². The quantitative estimate of drug-likeness (QED) is 0.808. The zero-order valence-corrected chi connectivity index (χ0v) is 9.25. The first kappa shape index (κ1) is 8.73. The number of halogens is 1. The Labute approximate surface area is 85.1 Å². The van der Waals surface area contributed by atoms with Gasteiger partial charge in [-0.05, 0) is 34.8 Å². The standard InChI is InChI=1S/C9H12BrNS/c10-7-5-8(12-6-7)9(11)3-1-2-4-9/h5-6H,1-4,11H2. The molecule has 0 radical (unpaired) electrons. The van der Waals surface area contributed by atoms with Gasteiger partial charge in [-0.1, -0.05) is 12.8 Å². The van der Waals surface area contributed by atoms with Crippen molar-refractivity contribution in [2.45, 2.75) is 31.2 Å². The normalized spacial score (nSPS) is 21.5. The first-order chi connectivity index (χ1) is 5.71. The highest BCUT2D eigenvalue weighted by Crippen LogP contribution is 2.39. The second-order valence-corrected chi connectivity index (χ2v) is 5.32. The number of thiophene rings is 1. The van der Waals surface area contributed by atoms with Crippen LogP contribution in [0, 0.1) is 0 Å². The molecule has 0 spiro atoms. The Morgan fingerprint density at radius 1 is 1.42 bits per heavy atom. The largest absolute Gasteiger partial charge is 0.321 e. The van der Waals surface area contributed by atoms with Gasteiger partial charge in [0.05, 0.1) is 5.54 Å². The maximum atomic E-state index is 6.28. The number of hydrogen-bond acceptors (Lipinski definition) is 2. The van der Waals surface area contributed by atoms with Gasteiger partial charge in [-0.25, -0.2) is 0 Å². The highest BCUT2D eigenvalue weighted by Gasteiger charge is 2.32. The highest BCUT2D eigenvalue weighted by molar-refractivity contribution is 9.10. The lowest BCUT2D eigenvalue weighted by Gasteiger charge is -2.21. The van der Waals surface area contributed by atoms with E-state index in [0.717, 1.165) is 12.8 Å². The monoisotopic (exact) mass is 245 g/mol. The topological polar surface area (TPSA) is 26.0 Å². The molecule has 0 saturated heterocycles. The maximum Gasteiger partial charge on any atom is 0.0504 e. The van der Waals surface area contributed by atoms with E-state index in [2.05, 4.69) is 27.4 Å². The molecule has 1 heterocycles. The number of hydrogen-bond donors (Lipinski definition) is 1. The third kappa shape index (κ3) is 1.45. The number of rotatable bonds is 1. The minimum atomic E-state index is -0.00329. The summed E-state index contributed by atoms with van der Waals surface area (Å²) in [6, 6.07) is 2.16. The van der Waals surface area contributed by atoms with Crippen LogP contribution in [0.4, 0.5) is 0 Å². The summed E-state index contributed by atoms with van der Waals surface area (Å²) < 4.78 is 1.17. The molecule has 1 aromatic rings. The summed E-state index contributed by atoms with van der Waals surface area (Å²) in [6.07, 6.45) is 4.87. The van der Waals surface area contributed by atoms with Crippen molar-refractivity contribution in [3.8, 4) is 0 Å². The number of nitrogens with two attached hydrogens (primary N) is 1. The molecule has 1 aromatic heterocycles. The van der Waals surface area contributed by atoms with Crippen molar-refractivity contribution in [2.24, 2.45) is 5.73 Å². The molecule has 0 unspecified atom stereocenters. The Hall–Kier alpha value is 0.140. The van der Waals surface area contributed by atoms with Crippen molar-refractivity contribution in [2.75, 3.05) is 0 Å². The summed E-state index contributed by atoms with van der Waals surface area (Å²) in [7, 11) is 0. The minimum Gasteiger partial charge on any atom is -0.321 e. The van der Waals surface area contributed by atoms with Crippen molar-refractivity contribution in [3.05, 3.63) is 20.8 Å². The summed E-state index contributed by atoms with van der Waals surface area (Å²) >= 11 is 5.23. The highest BCUT2D eigenvalue weighted by atomic mass is 79.9. The smallest absolute Gasteiger partial charge is 0.0504 e. The lowest BCUT2D eigenvalue weighted by Crippen LogP contribution is -2.31. The van der Waals surface area contributed by atoms with Gasteiger partial charge < -0.3 is 5.73 Å². The van der Waals surface area contributed by atoms with Crippen molar-refractivity contribution < 1.29 is 0 Å². The molecule has 1 aliphatic carbocycles. The van der Waals surface area contributed by atoms with E-state index in [4.69, 9.17) is 5.73 Å². The van der Waals surface area contributed by atoms with Gasteiger partial charge in [0.1, 0.15) is 0 Å². The third-order valence-electron chi connectivity index (χ3n) is 2.55. The van der Waals surface area contributed by atoms with E-state index in [9.17, 15) is 0 Å². The molecule has 3 heteroatoms. The summed E-state index contributed by atoms with van der Waals surface area (Å²) in [5, 5.41) is 2.11. The molecule has 12 heavy (non-hydrogen) atoms. The molecule has 0 bridgehead atoms. The summed E-state index contributed by atoms with van der Waals surface area (Å²) in [5.74, 6) is 0. The molecule has 1 aliphatic rings. The molecule has 2 rings (SSSR count). The van der Waals surface area contributed by atoms with Crippen LogP contribution in [0.3, 0.4) is 0 Å². The van der Waals surface area contributed by atoms with Crippen LogP contribution < -0.4 is 5.73 Å². The van der Waals surface area contributed by atoms with Gasteiger partial charge in [0.25, 0.3) is 0 Å². The first-order valence-electron chi connectivity index (χ1n) is 4.24. The zero-order chi connectivity index (χ0) is 8.60. The molecule has 0 atom stereocenters. The molecule has 1 nitrogen and oxygen atoms in total. The lowest BCUT2D eigenvalue weighted by molar-refractivity contribution is 0.471. The fraction of sp³-hybridized carbons (Fsp3) is 0.556. The van der Waals surface area contributed by atoms with Gasteiger partial charge in [-0.15, -0.1) is 11.3 Å². The van der Waals surface area contributed by atoms with Crippen LogP contribution in [0.25, 0.3) is 0 Å². The molecule has 2 N–H and O–H groups in total. The second kappa shape index (κ2) is 3.13. The van der Waals surface area contributed by atoms with Crippen LogP contribution >= 0.6 is 27.3 Å². The van der Waals surface area contributed by atoms with Crippen molar-refractivity contribution in [1.82, 2.24) is 0 Å². The molecular formula is C9H12BrNS. The van der Waals surface area contributed by atoms with E-state index in [0.29, 0.717) is 0 Å². The fourth-order valence-corrected chi connectivity index (χ4v) is 3.43. The van der Waals surface area contributed by atoms with Gasteiger partial charge >= 0.3 is 0 Å². The van der Waals surface area contributed by atoms with Crippen molar-refractivity contribution in [3.63, 3.8) is 0 Å². The average molecular weight is 246 g/mol. The van der Waals surface area contributed by atoms with Crippen LogP contribution in [0.1, 0.15) is 30.6 Å². The van der Waals surface area contributed by atoms with Crippen molar-refractivity contribution in [1.29, 1.82) is 0 Å². The van der Waals surface area contributed by atoms with Gasteiger partial charge in [0.15, 0.2) is 0 Å². The summed E-state index contributed by atoms with van der Waals surface area (Å²) in [4.78, 5) is 1.34. The molecule has 66 valence electrons. The Kier molecular flexibility index (Phi) is 2.27. The molecule has 0 aliphatic heterocycles. The predicted molar refractivity (Wildman–Crippen MR) is 56.4 cm³/mol. The van der Waals surface area contributed by atoms with E-state index in [1.807, 2.05) is 0 Å². The van der Waals surface area contributed by atoms with Crippen LogP contribution in [-0.4, -0.2) is 0 Å². The lowest BCUT2D eigenvalue weighted by atomic mass is 9.97. The Morgan fingerprint density at radius 2 is 2.08 bits per heavy atom. The Morgan fingerprint density at radius 3 is 2.58 bits per heavy atom. The predicted octanol–water partition coefficient (Wildman–Crippen LogP) is 3.24. The first-order valence-corrected chi connectivity index (χ1v) is 5.91. The van der Waals surface area contributed by atoms with E-state index in [1.54, 1.807) is 11.3 Å². The third-order valence-corrected chi connectivity index (χ3v) is 4.46. The maximum absolute atomic E-state index is 6.28. The van der Waals surface area contributed by atoms with E-state index < -0.39 is 0 Å². The molecule has 1 saturated carbocycles. The van der Waals surface area contributed by atoms with Gasteiger partial charge in [0.2, 0.25) is 0 Å². The van der Waals surface area contributed by atoms with Crippen molar-refractivity contribution >= 4 is 27.3 Å². The zero-order valence-electron chi connectivity index (χ0n) is 6.85. The van der Waals surface area contributed by atoms with E-state index in [-0.39, 0.29) is 5.54 Å². The van der Waals surface area contributed by atoms with Crippen LogP contribution in [-0.2, 0) is 5.54 Å². The molecule has 0 amide bonds. The summed E-state index contributed by atoms with van der Waals surface area (Å²) in [6.45, 7) is 0. The van der Waals surface area contributed by atoms with Crippen LogP contribution in [0.2, 0.25) is 0 Å². The van der Waals surface area contributed by atoms with Gasteiger partial charge in [-0.3, -0.25) is 0 Å². The molecular weight excluding hydrogens is 234 g/mol. The molecule has 1 fully saturated rings. The average Bonchev–Trinajstić information content (AvgIpc) is 2.59. The summed E-state index contributed by atoms with van der Waals surface area (Å²) in [5.41, 5.74) is 6.28. The Bertz CT molecular complexity index is 276. The second-order valence-electron chi connectivity index (χ2n) is 3.49. The fourth-order valence-electron chi connectivity index (χ4n) is 1.83. The Balaban J connectivity index is 2.28. The minimum absolute atomic E-state index is 0.00329. The van der Waals surface area contributed by atoms with E-state index in [1.165, 1.54) is 22.2 Å². The van der Waals surface area contributed by atoms with E-state index >= 15 is 0 Å². The van der Waals surface area contributed by atoms with Gasteiger partial charge in [-0.2, -0.15) is 0 Å². The molecule has 0 aromatic carbocycles. The van der Waals surface area contributed by atoms with Crippen LogP contribution in [0.5, 0.6) is 0 Å².